The average Bonchev–Trinajstić information content (AvgIpc) is 3.70. The highest BCUT2D eigenvalue weighted by Crippen LogP contribution is 2.40. The van der Waals surface area contributed by atoms with Crippen LogP contribution >= 0.6 is 0 Å². The highest BCUT2D eigenvalue weighted by Gasteiger charge is 2.22. The van der Waals surface area contributed by atoms with Crippen LogP contribution in [0.15, 0.2) is 176 Å². The summed E-state index contributed by atoms with van der Waals surface area (Å²) in [7, 11) is -1.71. The average molecular weight is 615 g/mol. The quantitative estimate of drug-likeness (QED) is 0.107. The van der Waals surface area contributed by atoms with Crippen molar-refractivity contribution in [2.45, 2.75) is 0 Å². The number of para-hydroxylation sites is 2. The van der Waals surface area contributed by atoms with E-state index in [1.165, 1.54) is 81.1 Å². The zero-order valence-electron chi connectivity index (χ0n) is 25.7. The molecule has 0 spiro atoms. The minimum absolute atomic E-state index is 1.20. The van der Waals surface area contributed by atoms with Gasteiger partial charge in [0.15, 0.2) is 0 Å². The van der Waals surface area contributed by atoms with E-state index in [1.54, 1.807) is 0 Å². The second kappa shape index (κ2) is 10.3. The van der Waals surface area contributed by atoms with Gasteiger partial charge in [-0.25, -0.2) is 0 Å². The van der Waals surface area contributed by atoms with Crippen molar-refractivity contribution in [3.05, 3.63) is 176 Å². The van der Waals surface area contributed by atoms with E-state index < -0.39 is 8.80 Å². The van der Waals surface area contributed by atoms with Crippen LogP contribution in [0.3, 0.4) is 0 Å². The van der Waals surface area contributed by atoms with E-state index in [2.05, 4.69) is 185 Å². The van der Waals surface area contributed by atoms with Crippen LogP contribution in [-0.2, 0) is 0 Å². The monoisotopic (exact) mass is 614 g/mol. The van der Waals surface area contributed by atoms with Crippen molar-refractivity contribution < 1.29 is 0 Å². The fourth-order valence-corrected chi connectivity index (χ4v) is 11.0. The van der Waals surface area contributed by atoms with E-state index in [0.29, 0.717) is 0 Å². The van der Waals surface area contributed by atoms with E-state index in [1.807, 2.05) is 0 Å². The van der Waals surface area contributed by atoms with Crippen molar-refractivity contribution in [3.8, 4) is 5.69 Å². The lowest BCUT2D eigenvalue weighted by molar-refractivity contribution is 1.19. The van der Waals surface area contributed by atoms with Gasteiger partial charge in [0.25, 0.3) is 0 Å². The number of rotatable bonds is 4. The molecular formula is C44H30N2Si. The molecule has 0 radical (unpaired) electrons. The zero-order chi connectivity index (χ0) is 30.9. The Hall–Kier alpha value is -5.90. The van der Waals surface area contributed by atoms with Gasteiger partial charge in [0.2, 0.25) is 0 Å². The molecule has 2 nitrogen and oxygen atoms in total. The molecule has 10 rings (SSSR count). The maximum atomic E-state index is 2.52. The van der Waals surface area contributed by atoms with E-state index in [4.69, 9.17) is 0 Å². The molecule has 220 valence electrons. The Morgan fingerprint density at radius 1 is 0.319 bits per heavy atom. The molecule has 3 aromatic heterocycles. The normalized spacial score (nSPS) is 12.0. The Balaban J connectivity index is 1.31. The minimum Gasteiger partial charge on any atom is -0.309 e. The van der Waals surface area contributed by atoms with Crippen molar-refractivity contribution in [3.63, 3.8) is 0 Å². The van der Waals surface area contributed by atoms with Crippen molar-refractivity contribution in [1.29, 1.82) is 0 Å². The van der Waals surface area contributed by atoms with Gasteiger partial charge in [-0.15, -0.1) is 0 Å². The van der Waals surface area contributed by atoms with Crippen molar-refractivity contribution in [2.75, 3.05) is 0 Å². The molecule has 0 unspecified atom stereocenters. The van der Waals surface area contributed by atoms with Crippen molar-refractivity contribution in [2.24, 2.45) is 0 Å². The summed E-state index contributed by atoms with van der Waals surface area (Å²) in [5, 5.41) is 11.9. The molecule has 10 aromatic rings. The molecule has 0 aliphatic carbocycles. The molecule has 0 atom stereocenters. The van der Waals surface area contributed by atoms with Crippen LogP contribution in [0, 0.1) is 0 Å². The largest absolute Gasteiger partial charge is 0.309 e. The van der Waals surface area contributed by atoms with Gasteiger partial charge in [-0.1, -0.05) is 155 Å². The molecular weight excluding hydrogens is 585 g/mol. The highest BCUT2D eigenvalue weighted by atomic mass is 28.3. The van der Waals surface area contributed by atoms with Gasteiger partial charge in [0.1, 0.15) is 8.80 Å². The van der Waals surface area contributed by atoms with Crippen LogP contribution < -0.4 is 15.6 Å². The molecule has 0 fully saturated rings. The summed E-state index contributed by atoms with van der Waals surface area (Å²) in [5.41, 5.74) is 7.41. The fourth-order valence-electron chi connectivity index (χ4n) is 8.02. The molecule has 0 aliphatic heterocycles. The summed E-state index contributed by atoms with van der Waals surface area (Å²) >= 11 is 0. The van der Waals surface area contributed by atoms with E-state index in [0.717, 1.165) is 0 Å². The number of hydrogen-bond acceptors (Lipinski definition) is 0. The Morgan fingerprint density at radius 3 is 1.55 bits per heavy atom. The van der Waals surface area contributed by atoms with Gasteiger partial charge in [0.05, 0.1) is 27.6 Å². The van der Waals surface area contributed by atoms with E-state index >= 15 is 0 Å². The molecule has 0 amide bonds. The number of hydrogen-bond donors (Lipinski definition) is 0. The number of fused-ring (bicyclic) bond motifs is 12. The van der Waals surface area contributed by atoms with Gasteiger partial charge >= 0.3 is 0 Å². The Bertz CT molecular complexity index is 2750. The maximum absolute atomic E-state index is 2.52. The number of benzene rings is 7. The molecule has 3 heterocycles. The third-order valence-electron chi connectivity index (χ3n) is 9.98. The summed E-state index contributed by atoms with van der Waals surface area (Å²) in [6, 6.07) is 65.2. The summed E-state index contributed by atoms with van der Waals surface area (Å²) in [6.45, 7) is 0. The van der Waals surface area contributed by atoms with E-state index in [-0.39, 0.29) is 0 Å². The molecule has 47 heavy (non-hydrogen) atoms. The second-order valence-electron chi connectivity index (χ2n) is 12.5. The van der Waals surface area contributed by atoms with Gasteiger partial charge in [-0.3, -0.25) is 0 Å². The lowest BCUT2D eigenvalue weighted by Crippen LogP contribution is -2.51. The van der Waals surface area contributed by atoms with Crippen LogP contribution in [0.25, 0.3) is 65.6 Å². The molecule has 0 saturated heterocycles. The number of nitrogens with zero attached hydrogens (tertiary/aromatic N) is 2. The van der Waals surface area contributed by atoms with Gasteiger partial charge in [-0.2, -0.15) is 0 Å². The Labute approximate surface area is 274 Å². The van der Waals surface area contributed by atoms with Gasteiger partial charge < -0.3 is 8.97 Å². The second-order valence-corrected chi connectivity index (χ2v) is 15.4. The molecule has 0 saturated carbocycles. The Kier molecular flexibility index (Phi) is 5.78. The minimum atomic E-state index is -1.71. The lowest BCUT2D eigenvalue weighted by Gasteiger charge is -2.19. The van der Waals surface area contributed by atoms with Gasteiger partial charge in [-0.05, 0) is 41.8 Å². The highest BCUT2D eigenvalue weighted by molar-refractivity contribution is 6.95. The molecule has 3 heteroatoms. The summed E-state index contributed by atoms with van der Waals surface area (Å²) in [4.78, 5) is 0. The van der Waals surface area contributed by atoms with Crippen LogP contribution in [0.4, 0.5) is 0 Å². The molecule has 0 N–H and O–H groups in total. The predicted molar refractivity (Wildman–Crippen MR) is 203 cm³/mol. The topological polar surface area (TPSA) is 9.34 Å². The van der Waals surface area contributed by atoms with Crippen LogP contribution in [0.1, 0.15) is 0 Å². The molecule has 7 aromatic carbocycles. The third kappa shape index (κ3) is 3.90. The first-order valence-corrected chi connectivity index (χ1v) is 18.1. The summed E-state index contributed by atoms with van der Waals surface area (Å²) in [6.07, 6.45) is 0. The summed E-state index contributed by atoms with van der Waals surface area (Å²) in [5.74, 6) is 0. The number of aromatic nitrogens is 2. The number of pyridine rings is 1. The van der Waals surface area contributed by atoms with Crippen LogP contribution in [-0.4, -0.2) is 17.8 Å². The SMILES string of the molecule is c1ccc([SiH](c2ccccc2)c2cccc(-n3c4ccccc4c4ccc5c(cc6c7ccccc7c7ccccc7n65)c43)c2)cc1. The lowest BCUT2D eigenvalue weighted by atomic mass is 10.1. The predicted octanol–water partition coefficient (Wildman–Crippen LogP) is 8.74. The third-order valence-corrected chi connectivity index (χ3v) is 13.1. The van der Waals surface area contributed by atoms with Gasteiger partial charge in [0, 0.05) is 32.6 Å². The van der Waals surface area contributed by atoms with E-state index in [9.17, 15) is 0 Å². The first-order chi connectivity index (χ1) is 23.3. The molecule has 0 bridgehead atoms. The molecule has 0 aliphatic rings. The first-order valence-electron chi connectivity index (χ1n) is 16.3. The fraction of sp³-hybridized carbons (Fsp3) is 0. The maximum Gasteiger partial charge on any atom is 0.133 e. The first kappa shape index (κ1) is 26.3. The smallest absolute Gasteiger partial charge is 0.133 e. The Morgan fingerprint density at radius 2 is 0.851 bits per heavy atom. The standard InChI is InChI=1S/C44H30N2Si/c1-3-15-31(16-4-1)47(32-17-5-2-6-18-32)33-19-13-14-30(28-33)45-40-24-11-10-23-37(40)38-26-27-42-39(44(38)45)29-43-36-22-8-7-20-34(36)35-21-9-12-25-41(35)46(42)43/h1-29,47H. The van der Waals surface area contributed by atoms with Crippen LogP contribution in [0.2, 0.25) is 0 Å². The van der Waals surface area contributed by atoms with Crippen LogP contribution in [0.5, 0.6) is 0 Å². The summed E-state index contributed by atoms with van der Waals surface area (Å²) < 4.78 is 4.99. The van der Waals surface area contributed by atoms with Crippen molar-refractivity contribution >= 4 is 84.3 Å². The zero-order valence-corrected chi connectivity index (χ0v) is 26.9. The van der Waals surface area contributed by atoms with Crippen molar-refractivity contribution in [1.82, 2.24) is 8.97 Å².